The average Bonchev–Trinajstić information content (AvgIpc) is 2.35. The summed E-state index contributed by atoms with van der Waals surface area (Å²) in [6.07, 6.45) is 0. The molecule has 0 amide bonds. The Morgan fingerprint density at radius 2 is 2.11 bits per heavy atom. The lowest BCUT2D eigenvalue weighted by Gasteiger charge is -2.20. The molecule has 104 valence electrons. The maximum Gasteiger partial charge on any atom is 0.123 e. The predicted molar refractivity (Wildman–Crippen MR) is 80.1 cm³/mol. The Hall–Kier alpha value is -1.50. The van der Waals surface area contributed by atoms with Gasteiger partial charge in [0.2, 0.25) is 0 Å². The van der Waals surface area contributed by atoms with Gasteiger partial charge in [-0.25, -0.2) is 0 Å². The molecule has 0 aliphatic rings. The van der Waals surface area contributed by atoms with Gasteiger partial charge in [-0.05, 0) is 31.2 Å². The van der Waals surface area contributed by atoms with Crippen LogP contribution < -0.4 is 10.5 Å². The highest BCUT2D eigenvalue weighted by atomic mass is 16.5. The minimum atomic E-state index is 0.384. The van der Waals surface area contributed by atoms with Crippen LogP contribution in [0.1, 0.15) is 25.0 Å². The van der Waals surface area contributed by atoms with Crippen molar-refractivity contribution in [3.8, 4) is 17.6 Å². The molecule has 0 bridgehead atoms. The fourth-order valence-electron chi connectivity index (χ4n) is 2.11. The molecular formula is C16H24N2O. The van der Waals surface area contributed by atoms with Crippen molar-refractivity contribution in [1.82, 2.24) is 4.90 Å². The van der Waals surface area contributed by atoms with E-state index in [2.05, 4.69) is 43.7 Å². The van der Waals surface area contributed by atoms with E-state index in [4.69, 9.17) is 10.5 Å². The Balaban J connectivity index is 2.89. The maximum absolute atomic E-state index is 5.41. The molecule has 3 nitrogen and oxygen atoms in total. The first kappa shape index (κ1) is 15.6. The summed E-state index contributed by atoms with van der Waals surface area (Å²) in [4.78, 5) is 2.29. The number of benzene rings is 1. The number of ether oxygens (including phenoxy) is 1. The highest BCUT2D eigenvalue weighted by Gasteiger charge is 2.08. The van der Waals surface area contributed by atoms with Crippen LogP contribution in [0.3, 0.4) is 0 Å². The van der Waals surface area contributed by atoms with Crippen molar-refractivity contribution in [3.05, 3.63) is 29.3 Å². The van der Waals surface area contributed by atoms with Gasteiger partial charge in [0.1, 0.15) is 5.75 Å². The highest BCUT2D eigenvalue weighted by molar-refractivity contribution is 5.44. The lowest BCUT2D eigenvalue weighted by Crippen LogP contribution is -2.23. The third-order valence-electron chi connectivity index (χ3n) is 2.73. The molecule has 0 radical (unpaired) electrons. The minimum Gasteiger partial charge on any atom is -0.496 e. The molecule has 0 unspecified atom stereocenters. The third kappa shape index (κ3) is 5.34. The minimum absolute atomic E-state index is 0.384. The maximum atomic E-state index is 5.41. The van der Waals surface area contributed by atoms with Crippen LogP contribution >= 0.6 is 0 Å². The number of rotatable bonds is 5. The van der Waals surface area contributed by atoms with Gasteiger partial charge in [0.05, 0.1) is 13.7 Å². The molecule has 19 heavy (non-hydrogen) atoms. The van der Waals surface area contributed by atoms with Crippen molar-refractivity contribution >= 4 is 0 Å². The number of hydrogen-bond donors (Lipinski definition) is 1. The monoisotopic (exact) mass is 260 g/mol. The SMILES string of the molecule is COc1ccc(C#CCN)cc1CN(C)CC(C)C. The van der Waals surface area contributed by atoms with Gasteiger partial charge in [-0.15, -0.1) is 0 Å². The summed E-state index contributed by atoms with van der Waals surface area (Å²) < 4.78 is 5.41. The summed E-state index contributed by atoms with van der Waals surface area (Å²) in [5.41, 5.74) is 7.55. The van der Waals surface area contributed by atoms with E-state index in [1.165, 1.54) is 0 Å². The van der Waals surface area contributed by atoms with Crippen molar-refractivity contribution in [2.24, 2.45) is 11.7 Å². The quantitative estimate of drug-likeness (QED) is 0.824. The van der Waals surface area contributed by atoms with E-state index >= 15 is 0 Å². The second-order valence-electron chi connectivity index (χ2n) is 5.12. The van der Waals surface area contributed by atoms with Crippen LogP contribution in [0, 0.1) is 17.8 Å². The van der Waals surface area contributed by atoms with Gasteiger partial charge in [-0.3, -0.25) is 0 Å². The standard InChI is InChI=1S/C16H24N2O/c1-13(2)11-18(3)12-15-10-14(6-5-9-17)7-8-16(15)19-4/h7-8,10,13H,9,11-12,17H2,1-4H3. The largest absolute Gasteiger partial charge is 0.496 e. The molecule has 1 aromatic rings. The molecule has 0 saturated heterocycles. The smallest absolute Gasteiger partial charge is 0.123 e. The molecule has 2 N–H and O–H groups in total. The molecular weight excluding hydrogens is 236 g/mol. The number of methoxy groups -OCH3 is 1. The van der Waals surface area contributed by atoms with Gasteiger partial charge in [0.15, 0.2) is 0 Å². The summed E-state index contributed by atoms with van der Waals surface area (Å²) in [6, 6.07) is 6.02. The van der Waals surface area contributed by atoms with Gasteiger partial charge < -0.3 is 15.4 Å². The fraction of sp³-hybridized carbons (Fsp3) is 0.500. The molecule has 0 aliphatic heterocycles. The van der Waals surface area contributed by atoms with Crippen molar-refractivity contribution in [2.75, 3.05) is 27.2 Å². The zero-order valence-corrected chi connectivity index (χ0v) is 12.4. The van der Waals surface area contributed by atoms with Crippen molar-refractivity contribution in [2.45, 2.75) is 20.4 Å². The molecule has 0 fully saturated rings. The first-order valence-corrected chi connectivity index (χ1v) is 6.61. The number of hydrogen-bond acceptors (Lipinski definition) is 3. The number of nitrogens with two attached hydrogens (primary N) is 1. The Morgan fingerprint density at radius 3 is 2.68 bits per heavy atom. The number of nitrogens with zero attached hydrogens (tertiary/aromatic N) is 1. The van der Waals surface area contributed by atoms with E-state index in [1.54, 1.807) is 7.11 Å². The van der Waals surface area contributed by atoms with Crippen LogP contribution in [0.15, 0.2) is 18.2 Å². The second kappa shape index (κ2) is 7.83. The average molecular weight is 260 g/mol. The van der Waals surface area contributed by atoms with Gasteiger partial charge in [0, 0.05) is 24.2 Å². The lowest BCUT2D eigenvalue weighted by atomic mass is 10.1. The molecule has 3 heteroatoms. The van der Waals surface area contributed by atoms with Crippen molar-refractivity contribution in [3.63, 3.8) is 0 Å². The van der Waals surface area contributed by atoms with Crippen LogP contribution in [0.5, 0.6) is 5.75 Å². The molecule has 1 aromatic carbocycles. The summed E-state index contributed by atoms with van der Waals surface area (Å²) in [6.45, 7) is 6.74. The van der Waals surface area contributed by atoms with Crippen LogP contribution in [0.4, 0.5) is 0 Å². The molecule has 0 atom stereocenters. The third-order valence-corrected chi connectivity index (χ3v) is 2.73. The van der Waals surface area contributed by atoms with Crippen LogP contribution in [0.25, 0.3) is 0 Å². The zero-order chi connectivity index (χ0) is 14.3. The zero-order valence-electron chi connectivity index (χ0n) is 12.4. The first-order chi connectivity index (χ1) is 9.06. The Bertz CT molecular complexity index is 458. The van der Waals surface area contributed by atoms with Gasteiger partial charge in [-0.2, -0.15) is 0 Å². The van der Waals surface area contributed by atoms with Crippen molar-refractivity contribution < 1.29 is 4.74 Å². The van der Waals surface area contributed by atoms with E-state index in [0.29, 0.717) is 12.5 Å². The molecule has 0 aliphatic carbocycles. The topological polar surface area (TPSA) is 38.5 Å². The van der Waals surface area contributed by atoms with E-state index in [1.807, 2.05) is 12.1 Å². The van der Waals surface area contributed by atoms with E-state index in [9.17, 15) is 0 Å². The van der Waals surface area contributed by atoms with Gasteiger partial charge in [0.25, 0.3) is 0 Å². The van der Waals surface area contributed by atoms with E-state index in [-0.39, 0.29) is 0 Å². The Labute approximate surface area is 116 Å². The second-order valence-corrected chi connectivity index (χ2v) is 5.12. The van der Waals surface area contributed by atoms with Crippen LogP contribution in [-0.2, 0) is 6.54 Å². The predicted octanol–water partition coefficient (Wildman–Crippen LogP) is 2.09. The fourth-order valence-corrected chi connectivity index (χ4v) is 2.11. The molecule has 0 spiro atoms. The summed E-state index contributed by atoms with van der Waals surface area (Å²) in [5, 5.41) is 0. The van der Waals surface area contributed by atoms with E-state index < -0.39 is 0 Å². The highest BCUT2D eigenvalue weighted by Crippen LogP contribution is 2.21. The van der Waals surface area contributed by atoms with Gasteiger partial charge in [-0.1, -0.05) is 25.7 Å². The Kier molecular flexibility index (Phi) is 6.41. The Morgan fingerprint density at radius 1 is 1.37 bits per heavy atom. The first-order valence-electron chi connectivity index (χ1n) is 6.61. The molecule has 0 aromatic heterocycles. The molecule has 0 heterocycles. The summed E-state index contributed by atoms with van der Waals surface area (Å²) in [5.74, 6) is 7.50. The van der Waals surface area contributed by atoms with E-state index in [0.717, 1.165) is 30.0 Å². The van der Waals surface area contributed by atoms with Crippen LogP contribution in [0.2, 0.25) is 0 Å². The normalized spacial score (nSPS) is 10.5. The summed E-state index contributed by atoms with van der Waals surface area (Å²) >= 11 is 0. The lowest BCUT2D eigenvalue weighted by molar-refractivity contribution is 0.283. The molecule has 0 saturated carbocycles. The van der Waals surface area contributed by atoms with Crippen molar-refractivity contribution in [1.29, 1.82) is 0 Å². The summed E-state index contributed by atoms with van der Waals surface area (Å²) in [7, 11) is 3.82. The molecule has 1 rings (SSSR count). The van der Waals surface area contributed by atoms with Gasteiger partial charge >= 0.3 is 0 Å². The van der Waals surface area contributed by atoms with Crippen LogP contribution in [-0.4, -0.2) is 32.1 Å².